The first-order valence-electron chi connectivity index (χ1n) is 8.17. The van der Waals surface area contributed by atoms with Gasteiger partial charge in [-0.3, -0.25) is 0 Å². The Morgan fingerprint density at radius 3 is 2.96 bits per heavy atom. The summed E-state index contributed by atoms with van der Waals surface area (Å²) >= 11 is 12.6. The van der Waals surface area contributed by atoms with Crippen LogP contribution in [0.4, 0.5) is 5.82 Å². The largest absolute Gasteiger partial charge is 0.372 e. The summed E-state index contributed by atoms with van der Waals surface area (Å²) in [6.07, 6.45) is 5.57. The van der Waals surface area contributed by atoms with Crippen LogP contribution in [0, 0.1) is 0 Å². The lowest BCUT2D eigenvalue weighted by Crippen LogP contribution is -2.07. The molecule has 122 valence electrons. The quantitative estimate of drug-likeness (QED) is 0.846. The molecule has 1 fully saturated rings. The van der Waals surface area contributed by atoms with Crippen molar-refractivity contribution < 1.29 is 4.74 Å². The van der Waals surface area contributed by atoms with E-state index in [1.807, 2.05) is 16.8 Å². The smallest absolute Gasteiger partial charge is 0.133 e. The van der Waals surface area contributed by atoms with Crippen molar-refractivity contribution in [3.05, 3.63) is 39.5 Å². The number of nitrogens with zero attached hydrogens (tertiary/aromatic N) is 2. The normalized spacial score (nSPS) is 20.9. The van der Waals surface area contributed by atoms with E-state index in [2.05, 4.69) is 5.32 Å². The Morgan fingerprint density at radius 1 is 1.22 bits per heavy atom. The fourth-order valence-corrected chi connectivity index (χ4v) is 3.77. The molecule has 23 heavy (non-hydrogen) atoms. The lowest BCUT2D eigenvalue weighted by atomic mass is 10.0. The molecule has 4 nitrogen and oxygen atoms in total. The zero-order valence-corrected chi connectivity index (χ0v) is 14.3. The van der Waals surface area contributed by atoms with Crippen molar-refractivity contribution >= 4 is 29.0 Å². The van der Waals surface area contributed by atoms with Crippen molar-refractivity contribution in [2.24, 2.45) is 0 Å². The second-order valence-corrected chi connectivity index (χ2v) is 6.95. The highest BCUT2D eigenvalue weighted by atomic mass is 35.5. The van der Waals surface area contributed by atoms with Gasteiger partial charge in [0.2, 0.25) is 0 Å². The number of fused-ring (bicyclic) bond motifs is 1. The van der Waals surface area contributed by atoms with Crippen LogP contribution in [0.1, 0.15) is 43.0 Å². The SMILES string of the molecule is Clc1ccc(Cl)c(-n2nc(C3CCCO3)c3c2NCCCC3)c1. The lowest BCUT2D eigenvalue weighted by molar-refractivity contribution is 0.107. The van der Waals surface area contributed by atoms with E-state index in [-0.39, 0.29) is 6.10 Å². The van der Waals surface area contributed by atoms with E-state index in [1.54, 1.807) is 6.07 Å². The Hall–Kier alpha value is -1.23. The zero-order valence-electron chi connectivity index (χ0n) is 12.8. The van der Waals surface area contributed by atoms with Crippen molar-refractivity contribution in [2.75, 3.05) is 18.5 Å². The molecule has 6 heteroatoms. The van der Waals surface area contributed by atoms with Crippen molar-refractivity contribution in [1.29, 1.82) is 0 Å². The molecular weight excluding hydrogens is 333 g/mol. The second kappa shape index (κ2) is 6.34. The van der Waals surface area contributed by atoms with E-state index in [1.165, 1.54) is 5.56 Å². The number of rotatable bonds is 2. The van der Waals surface area contributed by atoms with Gasteiger partial charge in [-0.2, -0.15) is 5.10 Å². The van der Waals surface area contributed by atoms with Crippen LogP contribution in [-0.2, 0) is 11.2 Å². The topological polar surface area (TPSA) is 39.1 Å². The fourth-order valence-electron chi connectivity index (χ4n) is 3.40. The van der Waals surface area contributed by atoms with Crippen LogP contribution >= 0.6 is 23.2 Å². The molecule has 1 N–H and O–H groups in total. The molecule has 0 aliphatic carbocycles. The van der Waals surface area contributed by atoms with E-state index in [9.17, 15) is 0 Å². The van der Waals surface area contributed by atoms with Gasteiger partial charge in [0.1, 0.15) is 11.9 Å². The molecule has 0 saturated carbocycles. The summed E-state index contributed by atoms with van der Waals surface area (Å²) in [5.74, 6) is 1.04. The molecule has 1 aromatic carbocycles. The monoisotopic (exact) mass is 351 g/mol. The standard InChI is InChI=1S/C17H19Cl2N3O/c18-11-6-7-13(19)14(10-11)22-17-12(4-1-2-8-20-17)16(21-22)15-5-3-9-23-15/h6-7,10,15,20H,1-5,8-9H2. The van der Waals surface area contributed by atoms with E-state index in [4.69, 9.17) is 33.0 Å². The average molecular weight is 352 g/mol. The average Bonchev–Trinajstić information content (AvgIpc) is 3.12. The summed E-state index contributed by atoms with van der Waals surface area (Å²) in [6.45, 7) is 1.76. The van der Waals surface area contributed by atoms with Crippen LogP contribution < -0.4 is 5.32 Å². The Morgan fingerprint density at radius 2 is 2.13 bits per heavy atom. The molecule has 1 atom stereocenters. The minimum Gasteiger partial charge on any atom is -0.372 e. The van der Waals surface area contributed by atoms with Crippen LogP contribution in [0.3, 0.4) is 0 Å². The highest BCUT2D eigenvalue weighted by molar-refractivity contribution is 6.34. The predicted octanol–water partition coefficient (Wildman–Crippen LogP) is 4.78. The first kappa shape index (κ1) is 15.3. The van der Waals surface area contributed by atoms with Gasteiger partial charge >= 0.3 is 0 Å². The van der Waals surface area contributed by atoms with Crippen molar-refractivity contribution in [1.82, 2.24) is 9.78 Å². The molecule has 0 amide bonds. The van der Waals surface area contributed by atoms with Gasteiger partial charge in [-0.05, 0) is 50.3 Å². The number of halogens is 2. The highest BCUT2D eigenvalue weighted by Crippen LogP contribution is 2.38. The van der Waals surface area contributed by atoms with Crippen molar-refractivity contribution in [3.63, 3.8) is 0 Å². The number of anilines is 1. The van der Waals surface area contributed by atoms with Gasteiger partial charge in [-0.25, -0.2) is 4.68 Å². The number of ether oxygens (including phenoxy) is 1. The molecule has 0 bridgehead atoms. The first-order chi connectivity index (χ1) is 11.2. The van der Waals surface area contributed by atoms with E-state index >= 15 is 0 Å². The maximum atomic E-state index is 6.40. The molecule has 0 spiro atoms. The van der Waals surface area contributed by atoms with E-state index < -0.39 is 0 Å². The van der Waals surface area contributed by atoms with Crippen molar-refractivity contribution in [3.8, 4) is 5.69 Å². The predicted molar refractivity (Wildman–Crippen MR) is 92.9 cm³/mol. The van der Waals surface area contributed by atoms with Gasteiger partial charge < -0.3 is 10.1 Å². The van der Waals surface area contributed by atoms with Gasteiger partial charge in [0.15, 0.2) is 0 Å². The second-order valence-electron chi connectivity index (χ2n) is 6.11. The van der Waals surface area contributed by atoms with Gasteiger partial charge in [0, 0.05) is 23.7 Å². The molecule has 0 radical (unpaired) electrons. The molecule has 4 rings (SSSR count). The number of benzene rings is 1. The summed E-state index contributed by atoms with van der Waals surface area (Å²) in [7, 11) is 0. The minimum atomic E-state index is 0.0999. The van der Waals surface area contributed by atoms with Gasteiger partial charge in [0.25, 0.3) is 0 Å². The third kappa shape index (κ3) is 2.84. The third-order valence-electron chi connectivity index (χ3n) is 4.53. The Bertz CT molecular complexity index is 723. The number of aromatic nitrogens is 2. The number of hydrogen-bond acceptors (Lipinski definition) is 3. The van der Waals surface area contributed by atoms with E-state index in [0.717, 1.165) is 62.5 Å². The van der Waals surface area contributed by atoms with Gasteiger partial charge in [0.05, 0.1) is 16.4 Å². The highest BCUT2D eigenvalue weighted by Gasteiger charge is 2.29. The van der Waals surface area contributed by atoms with E-state index in [0.29, 0.717) is 10.0 Å². The first-order valence-corrected chi connectivity index (χ1v) is 8.92. The summed E-state index contributed by atoms with van der Waals surface area (Å²) in [4.78, 5) is 0. The molecule has 3 heterocycles. The summed E-state index contributed by atoms with van der Waals surface area (Å²) in [5, 5.41) is 9.70. The molecule has 2 aliphatic rings. The van der Waals surface area contributed by atoms with Crippen LogP contribution in [-0.4, -0.2) is 22.9 Å². The third-order valence-corrected chi connectivity index (χ3v) is 5.09. The van der Waals surface area contributed by atoms with Gasteiger partial charge in [-0.15, -0.1) is 0 Å². The minimum absolute atomic E-state index is 0.0999. The lowest BCUT2D eigenvalue weighted by Gasteiger charge is -2.11. The van der Waals surface area contributed by atoms with Crippen LogP contribution in [0.2, 0.25) is 10.0 Å². The Kier molecular flexibility index (Phi) is 4.22. The van der Waals surface area contributed by atoms with Crippen LogP contribution in [0.5, 0.6) is 0 Å². The Balaban J connectivity index is 1.87. The number of hydrogen-bond donors (Lipinski definition) is 1. The fraction of sp³-hybridized carbons (Fsp3) is 0.471. The van der Waals surface area contributed by atoms with Gasteiger partial charge in [-0.1, -0.05) is 23.2 Å². The van der Waals surface area contributed by atoms with Crippen LogP contribution in [0.25, 0.3) is 5.69 Å². The molecule has 1 unspecified atom stereocenters. The summed E-state index contributed by atoms with van der Waals surface area (Å²) < 4.78 is 7.80. The maximum Gasteiger partial charge on any atom is 0.133 e. The molecular formula is C17H19Cl2N3O. The number of nitrogens with one attached hydrogen (secondary N) is 1. The Labute approximate surface area is 145 Å². The molecule has 2 aromatic rings. The van der Waals surface area contributed by atoms with Crippen LogP contribution in [0.15, 0.2) is 18.2 Å². The summed E-state index contributed by atoms with van der Waals surface area (Å²) in [5.41, 5.74) is 3.14. The maximum absolute atomic E-state index is 6.40. The molecule has 1 aromatic heterocycles. The molecule has 1 saturated heterocycles. The van der Waals surface area contributed by atoms with Crippen molar-refractivity contribution in [2.45, 2.75) is 38.2 Å². The molecule has 2 aliphatic heterocycles. The summed E-state index contributed by atoms with van der Waals surface area (Å²) in [6, 6.07) is 5.47. The zero-order chi connectivity index (χ0) is 15.8.